The van der Waals surface area contributed by atoms with Crippen molar-refractivity contribution in [3.63, 3.8) is 0 Å². The molecule has 0 N–H and O–H groups in total. The summed E-state index contributed by atoms with van der Waals surface area (Å²) in [4.78, 5) is 1.20. The van der Waals surface area contributed by atoms with E-state index in [-0.39, 0.29) is 0 Å². The van der Waals surface area contributed by atoms with Crippen molar-refractivity contribution in [2.45, 2.75) is 26.2 Å². The van der Waals surface area contributed by atoms with Crippen LogP contribution in [0.1, 0.15) is 26.2 Å². The van der Waals surface area contributed by atoms with Gasteiger partial charge in [-0.05, 0) is 25.2 Å². The Morgan fingerprint density at radius 3 is 2.58 bits per heavy atom. The van der Waals surface area contributed by atoms with Crippen LogP contribution in [-0.4, -0.2) is 6.26 Å². The van der Waals surface area contributed by atoms with Crippen LogP contribution in [0, 0.1) is 0 Å². The molecular weight excluding hydrogens is 164 g/mol. The van der Waals surface area contributed by atoms with E-state index in [0.717, 1.165) is 6.42 Å². The number of allylic oxidation sites excluding steroid dienone is 3. The predicted molar refractivity (Wildman–Crippen MR) is 60.5 cm³/mol. The third-order valence-electron chi connectivity index (χ3n) is 1.63. The predicted octanol–water partition coefficient (Wildman–Crippen LogP) is 4.17. The lowest BCUT2D eigenvalue weighted by Gasteiger charge is -2.00. The smallest absolute Gasteiger partial charge is 0.00657 e. The molecule has 0 aliphatic heterocycles. The molecule has 0 radical (unpaired) electrons. The SMILES string of the molecule is C=C/C(=C/C(=C)CCCC)SC. The second-order valence-electron chi connectivity index (χ2n) is 2.72. The lowest BCUT2D eigenvalue weighted by molar-refractivity contribution is 0.799. The standard InChI is InChI=1S/C11H18S/c1-5-7-8-10(3)9-11(6-2)12-4/h6,9H,2-3,5,7-8H2,1,4H3/b11-9-. The van der Waals surface area contributed by atoms with E-state index in [9.17, 15) is 0 Å². The third-order valence-corrected chi connectivity index (χ3v) is 2.39. The van der Waals surface area contributed by atoms with E-state index in [0.29, 0.717) is 0 Å². The first-order chi connectivity index (χ1) is 5.74. The van der Waals surface area contributed by atoms with Crippen molar-refractivity contribution in [3.05, 3.63) is 35.8 Å². The van der Waals surface area contributed by atoms with E-state index in [2.05, 4.69) is 32.4 Å². The summed E-state index contributed by atoms with van der Waals surface area (Å²) in [6.45, 7) is 9.92. The minimum absolute atomic E-state index is 1.11. The number of thioether (sulfide) groups is 1. The van der Waals surface area contributed by atoms with Gasteiger partial charge in [0.2, 0.25) is 0 Å². The molecule has 0 aromatic rings. The number of hydrogen-bond donors (Lipinski definition) is 0. The summed E-state index contributed by atoms with van der Waals surface area (Å²) >= 11 is 1.71. The Balaban J connectivity index is 3.93. The van der Waals surface area contributed by atoms with Gasteiger partial charge in [-0.2, -0.15) is 0 Å². The number of hydrogen-bond acceptors (Lipinski definition) is 1. The van der Waals surface area contributed by atoms with Crippen molar-refractivity contribution in [1.29, 1.82) is 0 Å². The molecule has 0 aliphatic rings. The zero-order chi connectivity index (χ0) is 9.40. The molecule has 1 heteroatoms. The normalized spacial score (nSPS) is 11.3. The Kier molecular flexibility index (Phi) is 6.97. The van der Waals surface area contributed by atoms with Crippen LogP contribution in [0.4, 0.5) is 0 Å². The fraction of sp³-hybridized carbons (Fsp3) is 0.455. The van der Waals surface area contributed by atoms with Crippen LogP contribution in [0.15, 0.2) is 35.8 Å². The molecule has 0 aromatic carbocycles. The summed E-state index contributed by atoms with van der Waals surface area (Å²) in [5.74, 6) is 0. The first-order valence-corrected chi connectivity index (χ1v) is 5.53. The molecule has 0 aliphatic carbocycles. The highest BCUT2D eigenvalue weighted by molar-refractivity contribution is 8.02. The van der Waals surface area contributed by atoms with E-state index in [1.165, 1.54) is 23.3 Å². The zero-order valence-corrected chi connectivity index (χ0v) is 8.91. The molecule has 0 spiro atoms. The van der Waals surface area contributed by atoms with Gasteiger partial charge in [-0.1, -0.05) is 38.2 Å². The van der Waals surface area contributed by atoms with Crippen LogP contribution in [0.2, 0.25) is 0 Å². The Morgan fingerprint density at radius 2 is 2.17 bits per heavy atom. The van der Waals surface area contributed by atoms with Gasteiger partial charge in [-0.25, -0.2) is 0 Å². The van der Waals surface area contributed by atoms with Crippen LogP contribution in [0.25, 0.3) is 0 Å². The molecule has 0 unspecified atom stereocenters. The average Bonchev–Trinajstić information content (AvgIpc) is 2.10. The van der Waals surface area contributed by atoms with Gasteiger partial charge >= 0.3 is 0 Å². The van der Waals surface area contributed by atoms with Gasteiger partial charge in [-0.15, -0.1) is 11.8 Å². The molecule has 0 saturated carbocycles. The molecule has 68 valence electrons. The number of unbranched alkanes of at least 4 members (excludes halogenated alkanes) is 1. The summed E-state index contributed by atoms with van der Waals surface area (Å²) in [6, 6.07) is 0. The monoisotopic (exact) mass is 182 g/mol. The summed E-state index contributed by atoms with van der Waals surface area (Å²) < 4.78 is 0. The molecule has 12 heavy (non-hydrogen) atoms. The minimum atomic E-state index is 1.11. The van der Waals surface area contributed by atoms with Crippen molar-refractivity contribution in [2.75, 3.05) is 6.26 Å². The number of rotatable bonds is 6. The Bertz CT molecular complexity index is 177. The summed E-state index contributed by atoms with van der Waals surface area (Å²) in [5, 5.41) is 0. The van der Waals surface area contributed by atoms with E-state index >= 15 is 0 Å². The van der Waals surface area contributed by atoms with Gasteiger partial charge in [0.05, 0.1) is 0 Å². The molecule has 0 saturated heterocycles. The van der Waals surface area contributed by atoms with Gasteiger partial charge in [0, 0.05) is 4.91 Å². The fourth-order valence-corrected chi connectivity index (χ4v) is 1.33. The van der Waals surface area contributed by atoms with Crippen LogP contribution in [0.3, 0.4) is 0 Å². The van der Waals surface area contributed by atoms with Crippen LogP contribution >= 0.6 is 11.8 Å². The quantitative estimate of drug-likeness (QED) is 0.556. The molecule has 0 bridgehead atoms. The van der Waals surface area contributed by atoms with Gasteiger partial charge in [0.25, 0.3) is 0 Å². The summed E-state index contributed by atoms with van der Waals surface area (Å²) in [6.07, 6.45) is 9.62. The Morgan fingerprint density at radius 1 is 1.50 bits per heavy atom. The third kappa shape index (κ3) is 5.25. The highest BCUT2D eigenvalue weighted by Crippen LogP contribution is 2.17. The van der Waals surface area contributed by atoms with Gasteiger partial charge in [0.15, 0.2) is 0 Å². The topological polar surface area (TPSA) is 0 Å². The molecule has 0 atom stereocenters. The van der Waals surface area contributed by atoms with E-state index in [1.807, 2.05) is 6.08 Å². The summed E-state index contributed by atoms with van der Waals surface area (Å²) in [5.41, 5.74) is 1.21. The molecular formula is C11H18S. The highest BCUT2D eigenvalue weighted by atomic mass is 32.2. The van der Waals surface area contributed by atoms with Gasteiger partial charge in [-0.3, -0.25) is 0 Å². The molecule has 0 rings (SSSR count). The maximum Gasteiger partial charge on any atom is 0.00657 e. The molecule has 0 amide bonds. The van der Waals surface area contributed by atoms with Crippen molar-refractivity contribution < 1.29 is 0 Å². The van der Waals surface area contributed by atoms with Crippen LogP contribution < -0.4 is 0 Å². The largest absolute Gasteiger partial charge is 0.130 e. The maximum atomic E-state index is 3.99. The first kappa shape index (κ1) is 11.6. The van der Waals surface area contributed by atoms with Gasteiger partial charge in [0.1, 0.15) is 0 Å². The van der Waals surface area contributed by atoms with E-state index in [1.54, 1.807) is 11.8 Å². The second-order valence-corrected chi connectivity index (χ2v) is 3.60. The maximum absolute atomic E-state index is 3.99. The summed E-state index contributed by atoms with van der Waals surface area (Å²) in [7, 11) is 0. The molecule has 0 heterocycles. The first-order valence-electron chi connectivity index (χ1n) is 4.30. The lowest BCUT2D eigenvalue weighted by Crippen LogP contribution is -1.78. The van der Waals surface area contributed by atoms with E-state index in [4.69, 9.17) is 0 Å². The Hall–Kier alpha value is -0.430. The van der Waals surface area contributed by atoms with Crippen LogP contribution in [-0.2, 0) is 0 Å². The minimum Gasteiger partial charge on any atom is -0.130 e. The van der Waals surface area contributed by atoms with Crippen molar-refractivity contribution in [3.8, 4) is 0 Å². The van der Waals surface area contributed by atoms with Crippen molar-refractivity contribution >= 4 is 11.8 Å². The lowest BCUT2D eigenvalue weighted by atomic mass is 10.1. The van der Waals surface area contributed by atoms with Gasteiger partial charge < -0.3 is 0 Å². The molecule has 0 nitrogen and oxygen atoms in total. The van der Waals surface area contributed by atoms with Crippen molar-refractivity contribution in [1.82, 2.24) is 0 Å². The zero-order valence-electron chi connectivity index (χ0n) is 8.10. The average molecular weight is 182 g/mol. The fourth-order valence-electron chi connectivity index (χ4n) is 0.878. The second kappa shape index (κ2) is 7.23. The van der Waals surface area contributed by atoms with E-state index < -0.39 is 0 Å². The Labute approximate surface area is 80.4 Å². The highest BCUT2D eigenvalue weighted by Gasteiger charge is 1.91. The molecule has 0 aromatic heterocycles. The van der Waals surface area contributed by atoms with Crippen LogP contribution in [0.5, 0.6) is 0 Å². The molecule has 0 fully saturated rings. The van der Waals surface area contributed by atoms with Crippen molar-refractivity contribution in [2.24, 2.45) is 0 Å².